The Morgan fingerprint density at radius 2 is 2.03 bits per heavy atom. The van der Waals surface area contributed by atoms with E-state index in [1.807, 2.05) is 0 Å². The van der Waals surface area contributed by atoms with Crippen molar-refractivity contribution in [2.75, 3.05) is 26.2 Å². The highest BCUT2D eigenvalue weighted by molar-refractivity contribution is 7.89. The predicted molar refractivity (Wildman–Crippen MR) is 112 cm³/mol. The molecular weight excluding hydrogens is 404 g/mol. The van der Waals surface area contributed by atoms with Gasteiger partial charge in [-0.25, -0.2) is 13.1 Å². The van der Waals surface area contributed by atoms with Crippen molar-refractivity contribution >= 4 is 21.8 Å². The lowest BCUT2D eigenvalue weighted by Crippen LogP contribution is -2.47. The van der Waals surface area contributed by atoms with Crippen LogP contribution in [0.2, 0.25) is 0 Å². The van der Waals surface area contributed by atoms with Crippen molar-refractivity contribution in [1.82, 2.24) is 14.9 Å². The maximum absolute atomic E-state index is 13.2. The van der Waals surface area contributed by atoms with Crippen LogP contribution in [0.15, 0.2) is 41.3 Å². The first-order valence-electron chi connectivity index (χ1n) is 10.4. The normalized spacial score (nSPS) is 32.9. The lowest BCUT2D eigenvalue weighted by molar-refractivity contribution is -0.122. The Hall–Kier alpha value is -2.23. The fourth-order valence-corrected chi connectivity index (χ4v) is 5.93. The number of rotatable bonds is 0. The van der Waals surface area contributed by atoms with Crippen molar-refractivity contribution in [2.45, 2.75) is 36.6 Å². The van der Waals surface area contributed by atoms with Crippen molar-refractivity contribution in [3.05, 3.63) is 42.0 Å². The third-order valence-electron chi connectivity index (χ3n) is 6.62. The first-order chi connectivity index (χ1) is 14.3. The standard InChI is InChI=1S/C21H28N4O4S/c22-18-8-1-2-10-24-30(28,29)17-7-3-5-15(11-17)20(27)25-12-16-6-4-9-21(16,14-25)13-23-19(18)26/h1-3,5,7,11,16,18,24H,4,6,8-10,12-14,22H2,(H,23,26)/b2-1+/t16-,18?,21-/m0/s1. The van der Waals surface area contributed by atoms with Gasteiger partial charge in [0.25, 0.3) is 5.91 Å². The molecule has 2 fully saturated rings. The Labute approximate surface area is 176 Å². The second-order valence-electron chi connectivity index (χ2n) is 8.55. The average molecular weight is 433 g/mol. The van der Waals surface area contributed by atoms with Gasteiger partial charge in [0.15, 0.2) is 0 Å². The smallest absolute Gasteiger partial charge is 0.253 e. The van der Waals surface area contributed by atoms with Gasteiger partial charge in [0.05, 0.1) is 10.9 Å². The van der Waals surface area contributed by atoms with E-state index in [4.69, 9.17) is 5.73 Å². The summed E-state index contributed by atoms with van der Waals surface area (Å²) in [6, 6.07) is 5.47. The first-order valence-corrected chi connectivity index (χ1v) is 11.9. The van der Waals surface area contributed by atoms with E-state index >= 15 is 0 Å². The molecule has 3 atom stereocenters. The lowest BCUT2D eigenvalue weighted by Gasteiger charge is -2.29. The molecule has 4 N–H and O–H groups in total. The minimum atomic E-state index is -3.75. The van der Waals surface area contributed by atoms with Crippen molar-refractivity contribution in [2.24, 2.45) is 17.1 Å². The summed E-state index contributed by atoms with van der Waals surface area (Å²) in [4.78, 5) is 27.5. The molecule has 1 unspecified atom stereocenters. The third-order valence-corrected chi connectivity index (χ3v) is 8.04. The van der Waals surface area contributed by atoms with E-state index in [1.54, 1.807) is 29.2 Å². The van der Waals surface area contributed by atoms with Crippen molar-refractivity contribution in [3.8, 4) is 0 Å². The molecule has 4 bridgehead atoms. The van der Waals surface area contributed by atoms with Crippen LogP contribution in [0.25, 0.3) is 0 Å². The minimum Gasteiger partial charge on any atom is -0.354 e. The van der Waals surface area contributed by atoms with Gasteiger partial charge >= 0.3 is 0 Å². The monoisotopic (exact) mass is 432 g/mol. The van der Waals surface area contributed by atoms with Gasteiger partial charge in [-0.15, -0.1) is 0 Å². The summed E-state index contributed by atoms with van der Waals surface area (Å²) in [6.45, 7) is 1.76. The Kier molecular flexibility index (Phi) is 5.69. The van der Waals surface area contributed by atoms with Crippen LogP contribution in [0, 0.1) is 11.3 Å². The summed E-state index contributed by atoms with van der Waals surface area (Å²) in [5.74, 6) is -0.0700. The number of hydrogen-bond donors (Lipinski definition) is 3. The summed E-state index contributed by atoms with van der Waals surface area (Å²) < 4.78 is 27.7. The minimum absolute atomic E-state index is 0.0636. The Balaban J connectivity index is 1.66. The zero-order valence-corrected chi connectivity index (χ0v) is 17.7. The van der Waals surface area contributed by atoms with Crippen LogP contribution in [0.4, 0.5) is 0 Å². The number of benzene rings is 1. The molecule has 1 aliphatic carbocycles. The van der Waals surface area contributed by atoms with Gasteiger partial charge in [-0.2, -0.15) is 0 Å². The Morgan fingerprint density at radius 1 is 1.20 bits per heavy atom. The summed E-state index contributed by atoms with van der Waals surface area (Å²) in [5.41, 5.74) is 6.22. The summed E-state index contributed by atoms with van der Waals surface area (Å²) in [5, 5.41) is 3.00. The Morgan fingerprint density at radius 3 is 2.87 bits per heavy atom. The number of amides is 2. The number of nitrogens with two attached hydrogens (primary N) is 1. The van der Waals surface area contributed by atoms with Crippen LogP contribution >= 0.6 is 0 Å². The molecule has 2 aliphatic heterocycles. The number of carbonyl (C=O) groups is 2. The summed E-state index contributed by atoms with van der Waals surface area (Å²) >= 11 is 0. The maximum Gasteiger partial charge on any atom is 0.253 e. The molecule has 9 heteroatoms. The highest BCUT2D eigenvalue weighted by atomic mass is 32.2. The molecule has 30 heavy (non-hydrogen) atoms. The van der Waals surface area contributed by atoms with Gasteiger partial charge in [0, 0.05) is 37.2 Å². The third kappa shape index (κ3) is 4.01. The molecule has 3 aliphatic rings. The molecule has 4 rings (SSSR count). The predicted octanol–water partition coefficient (Wildman–Crippen LogP) is 0.611. The van der Waals surface area contributed by atoms with Gasteiger partial charge in [-0.1, -0.05) is 24.6 Å². The van der Waals surface area contributed by atoms with Crippen LogP contribution < -0.4 is 15.8 Å². The number of hydrogen-bond acceptors (Lipinski definition) is 5. The quantitative estimate of drug-likeness (QED) is 0.519. The number of sulfonamides is 1. The fourth-order valence-electron chi connectivity index (χ4n) is 4.91. The van der Waals surface area contributed by atoms with Crippen molar-refractivity contribution in [1.29, 1.82) is 0 Å². The van der Waals surface area contributed by atoms with Crippen LogP contribution in [-0.2, 0) is 14.8 Å². The number of nitrogens with one attached hydrogen (secondary N) is 2. The highest BCUT2D eigenvalue weighted by Gasteiger charge is 2.50. The molecule has 1 saturated heterocycles. The van der Waals surface area contributed by atoms with Crippen LogP contribution in [0.5, 0.6) is 0 Å². The molecular formula is C21H28N4O4S. The van der Waals surface area contributed by atoms with Crippen molar-refractivity contribution in [3.63, 3.8) is 0 Å². The molecule has 1 saturated carbocycles. The van der Waals surface area contributed by atoms with Gasteiger partial charge in [-0.05, 0) is 43.4 Å². The molecule has 8 nitrogen and oxygen atoms in total. The summed E-state index contributed by atoms with van der Waals surface area (Å²) in [6.07, 6.45) is 6.72. The zero-order chi connectivity index (χ0) is 21.4. The van der Waals surface area contributed by atoms with E-state index in [-0.39, 0.29) is 28.7 Å². The fraction of sp³-hybridized carbons (Fsp3) is 0.524. The average Bonchev–Trinajstić information content (AvgIpc) is 3.28. The summed E-state index contributed by atoms with van der Waals surface area (Å²) in [7, 11) is -3.75. The van der Waals surface area contributed by atoms with Gasteiger partial charge in [-0.3, -0.25) is 9.59 Å². The molecule has 1 aromatic carbocycles. The molecule has 2 amide bonds. The molecule has 0 aromatic heterocycles. The SMILES string of the molecule is NC1C/C=C/CNS(=O)(=O)c2cccc(c2)C(=O)N2C[C@@H]3CCC[C@]3(CNC1=O)C2. The molecule has 1 spiro atoms. The molecule has 1 aromatic rings. The van der Waals surface area contributed by atoms with Gasteiger partial charge in [0.2, 0.25) is 15.9 Å². The van der Waals surface area contributed by atoms with E-state index < -0.39 is 16.1 Å². The van der Waals surface area contributed by atoms with Crippen LogP contribution in [0.3, 0.4) is 0 Å². The zero-order valence-electron chi connectivity index (χ0n) is 16.8. The second kappa shape index (κ2) is 8.13. The maximum atomic E-state index is 13.2. The number of carbonyl (C=O) groups excluding carboxylic acids is 2. The number of nitrogens with zero attached hydrogens (tertiary/aromatic N) is 1. The van der Waals surface area contributed by atoms with Gasteiger partial charge < -0.3 is 16.0 Å². The van der Waals surface area contributed by atoms with E-state index in [9.17, 15) is 18.0 Å². The largest absolute Gasteiger partial charge is 0.354 e. The molecule has 0 radical (unpaired) electrons. The topological polar surface area (TPSA) is 122 Å². The van der Waals surface area contributed by atoms with Crippen molar-refractivity contribution < 1.29 is 18.0 Å². The molecule has 162 valence electrons. The van der Waals surface area contributed by atoms with Gasteiger partial charge in [0.1, 0.15) is 0 Å². The van der Waals surface area contributed by atoms with E-state index in [0.717, 1.165) is 19.3 Å². The number of fused-ring (bicyclic) bond motifs is 3. The molecule has 2 heterocycles. The lowest BCUT2D eigenvalue weighted by atomic mass is 9.80. The first kappa shape index (κ1) is 21.0. The van der Waals surface area contributed by atoms with Crippen LogP contribution in [0.1, 0.15) is 36.0 Å². The van der Waals surface area contributed by atoms with Crippen LogP contribution in [-0.4, -0.2) is 57.4 Å². The van der Waals surface area contributed by atoms with E-state index in [0.29, 0.717) is 37.5 Å². The van der Waals surface area contributed by atoms with E-state index in [2.05, 4.69) is 10.0 Å². The second-order valence-corrected chi connectivity index (χ2v) is 10.3. The highest BCUT2D eigenvalue weighted by Crippen LogP contribution is 2.48. The van der Waals surface area contributed by atoms with E-state index in [1.165, 1.54) is 12.1 Å². The Bertz CT molecular complexity index is 977.